The molecule has 2 heterocycles. The van der Waals surface area contributed by atoms with Crippen molar-refractivity contribution in [1.29, 1.82) is 0 Å². The first-order valence-corrected chi connectivity index (χ1v) is 9.14. The lowest BCUT2D eigenvalue weighted by atomic mass is 10.2. The van der Waals surface area contributed by atoms with E-state index in [9.17, 15) is 9.59 Å². The van der Waals surface area contributed by atoms with Gasteiger partial charge in [-0.2, -0.15) is 0 Å². The molecule has 1 aromatic carbocycles. The fourth-order valence-corrected chi connectivity index (χ4v) is 3.41. The molecule has 0 spiro atoms. The number of carbonyl (C=O) groups excluding carboxylic acids is 2. The van der Waals surface area contributed by atoms with E-state index in [0.717, 1.165) is 31.1 Å². The Morgan fingerprint density at radius 1 is 0.889 bits per heavy atom. The first-order chi connectivity index (χ1) is 13.2. The van der Waals surface area contributed by atoms with Gasteiger partial charge in [0, 0.05) is 17.6 Å². The normalized spacial score (nSPS) is 14.2. The van der Waals surface area contributed by atoms with E-state index in [1.54, 1.807) is 30.5 Å². The summed E-state index contributed by atoms with van der Waals surface area (Å²) in [6.45, 7) is 0. The minimum atomic E-state index is -0.372. The predicted molar refractivity (Wildman–Crippen MR) is 104 cm³/mol. The molecule has 4 rings (SSSR count). The van der Waals surface area contributed by atoms with Gasteiger partial charge in [-0.1, -0.05) is 37.1 Å². The van der Waals surface area contributed by atoms with Crippen molar-refractivity contribution in [2.75, 3.05) is 5.32 Å². The molecule has 2 N–H and O–H groups in total. The minimum Gasteiger partial charge on any atom is -0.348 e. The molecule has 1 fully saturated rings. The SMILES string of the molecule is O=C(Nc1cccc2cccnc12)c1cccc(C(=O)NC2CCCC2)n1. The van der Waals surface area contributed by atoms with Gasteiger partial charge in [0.15, 0.2) is 0 Å². The Balaban J connectivity index is 1.52. The Hall–Kier alpha value is -3.28. The lowest BCUT2D eigenvalue weighted by Gasteiger charge is -2.12. The van der Waals surface area contributed by atoms with E-state index in [1.807, 2.05) is 24.3 Å². The Kier molecular flexibility index (Phi) is 4.78. The van der Waals surface area contributed by atoms with Gasteiger partial charge in [-0.25, -0.2) is 4.98 Å². The van der Waals surface area contributed by atoms with Crippen LogP contribution in [0.3, 0.4) is 0 Å². The van der Waals surface area contributed by atoms with Crippen LogP contribution in [0, 0.1) is 0 Å². The lowest BCUT2D eigenvalue weighted by molar-refractivity contribution is 0.0932. The van der Waals surface area contributed by atoms with Crippen LogP contribution in [0.15, 0.2) is 54.7 Å². The molecule has 136 valence electrons. The van der Waals surface area contributed by atoms with Gasteiger partial charge in [0.25, 0.3) is 11.8 Å². The van der Waals surface area contributed by atoms with E-state index >= 15 is 0 Å². The van der Waals surface area contributed by atoms with Gasteiger partial charge in [0.05, 0.1) is 11.2 Å². The summed E-state index contributed by atoms with van der Waals surface area (Å²) in [5, 5.41) is 6.77. The standard InChI is InChI=1S/C21H20N4O2/c26-20(23-15-8-1-2-9-15)17-11-4-12-18(24-17)21(27)25-16-10-3-6-14-7-5-13-22-19(14)16/h3-7,10-13,15H,1-2,8-9H2,(H,23,26)(H,25,27). The Labute approximate surface area is 157 Å². The van der Waals surface area contributed by atoms with Crippen molar-refractivity contribution in [2.45, 2.75) is 31.7 Å². The smallest absolute Gasteiger partial charge is 0.274 e. The van der Waals surface area contributed by atoms with Crippen LogP contribution >= 0.6 is 0 Å². The van der Waals surface area contributed by atoms with Gasteiger partial charge < -0.3 is 10.6 Å². The molecule has 6 heteroatoms. The third-order valence-electron chi connectivity index (χ3n) is 4.79. The molecule has 1 aliphatic rings. The van der Waals surface area contributed by atoms with Crippen molar-refractivity contribution >= 4 is 28.4 Å². The Morgan fingerprint density at radius 2 is 1.59 bits per heavy atom. The van der Waals surface area contributed by atoms with E-state index in [2.05, 4.69) is 20.6 Å². The number of rotatable bonds is 4. The minimum absolute atomic E-state index is 0.196. The second-order valence-electron chi connectivity index (χ2n) is 6.70. The molecule has 0 aliphatic heterocycles. The number of anilines is 1. The van der Waals surface area contributed by atoms with E-state index in [-0.39, 0.29) is 29.2 Å². The van der Waals surface area contributed by atoms with Crippen LogP contribution in [-0.4, -0.2) is 27.8 Å². The molecule has 2 amide bonds. The first kappa shape index (κ1) is 17.1. The highest BCUT2D eigenvalue weighted by atomic mass is 16.2. The van der Waals surface area contributed by atoms with Crippen LogP contribution in [0.1, 0.15) is 46.7 Å². The zero-order valence-corrected chi connectivity index (χ0v) is 14.8. The van der Waals surface area contributed by atoms with Gasteiger partial charge in [-0.15, -0.1) is 0 Å². The number of aromatic nitrogens is 2. The first-order valence-electron chi connectivity index (χ1n) is 9.14. The summed E-state index contributed by atoms with van der Waals surface area (Å²) in [4.78, 5) is 33.6. The van der Waals surface area contributed by atoms with E-state index < -0.39 is 0 Å². The summed E-state index contributed by atoms with van der Waals surface area (Å²) in [7, 11) is 0. The average molecular weight is 360 g/mol. The highest BCUT2D eigenvalue weighted by Crippen LogP contribution is 2.21. The number of para-hydroxylation sites is 1. The molecule has 1 saturated carbocycles. The van der Waals surface area contributed by atoms with Crippen molar-refractivity contribution in [3.8, 4) is 0 Å². The van der Waals surface area contributed by atoms with Crippen LogP contribution in [0.2, 0.25) is 0 Å². The molecule has 0 atom stereocenters. The maximum absolute atomic E-state index is 12.6. The van der Waals surface area contributed by atoms with Crippen molar-refractivity contribution in [2.24, 2.45) is 0 Å². The Bertz CT molecular complexity index is 991. The summed E-state index contributed by atoms with van der Waals surface area (Å²) in [6, 6.07) is 14.5. The maximum atomic E-state index is 12.6. The number of pyridine rings is 2. The monoisotopic (exact) mass is 360 g/mol. The molecule has 27 heavy (non-hydrogen) atoms. The molecular weight excluding hydrogens is 340 g/mol. The number of amides is 2. The van der Waals surface area contributed by atoms with Crippen molar-refractivity contribution in [3.05, 3.63) is 66.1 Å². The number of nitrogens with zero attached hydrogens (tertiary/aromatic N) is 2. The lowest BCUT2D eigenvalue weighted by Crippen LogP contribution is -2.33. The number of hydrogen-bond acceptors (Lipinski definition) is 4. The largest absolute Gasteiger partial charge is 0.348 e. The van der Waals surface area contributed by atoms with E-state index in [0.29, 0.717) is 11.2 Å². The zero-order chi connectivity index (χ0) is 18.6. The van der Waals surface area contributed by atoms with Crippen molar-refractivity contribution in [3.63, 3.8) is 0 Å². The van der Waals surface area contributed by atoms with Crippen LogP contribution in [0.5, 0.6) is 0 Å². The van der Waals surface area contributed by atoms with Crippen LogP contribution in [0.4, 0.5) is 5.69 Å². The summed E-state index contributed by atoms with van der Waals surface area (Å²) >= 11 is 0. The van der Waals surface area contributed by atoms with Crippen molar-refractivity contribution < 1.29 is 9.59 Å². The summed E-state index contributed by atoms with van der Waals surface area (Å²) in [5.74, 6) is -0.605. The molecule has 0 radical (unpaired) electrons. The zero-order valence-electron chi connectivity index (χ0n) is 14.8. The van der Waals surface area contributed by atoms with Gasteiger partial charge in [-0.05, 0) is 37.1 Å². The fourth-order valence-electron chi connectivity index (χ4n) is 3.41. The highest BCUT2D eigenvalue weighted by molar-refractivity contribution is 6.07. The fraction of sp³-hybridized carbons (Fsp3) is 0.238. The highest BCUT2D eigenvalue weighted by Gasteiger charge is 2.19. The molecule has 3 aromatic rings. The molecule has 0 unspecified atom stereocenters. The predicted octanol–water partition coefficient (Wildman–Crippen LogP) is 3.55. The second kappa shape index (κ2) is 7.53. The van der Waals surface area contributed by atoms with Gasteiger partial charge >= 0.3 is 0 Å². The van der Waals surface area contributed by atoms with Crippen LogP contribution in [0.25, 0.3) is 10.9 Å². The third-order valence-corrected chi connectivity index (χ3v) is 4.79. The van der Waals surface area contributed by atoms with Gasteiger partial charge in [0.1, 0.15) is 11.4 Å². The second-order valence-corrected chi connectivity index (χ2v) is 6.70. The van der Waals surface area contributed by atoms with Gasteiger partial charge in [0.2, 0.25) is 0 Å². The molecule has 2 aromatic heterocycles. The molecule has 0 saturated heterocycles. The number of carbonyl (C=O) groups is 2. The number of nitrogens with one attached hydrogen (secondary N) is 2. The summed E-state index contributed by atoms with van der Waals surface area (Å²) in [6.07, 6.45) is 5.96. The van der Waals surface area contributed by atoms with Gasteiger partial charge in [-0.3, -0.25) is 14.6 Å². The van der Waals surface area contributed by atoms with Crippen LogP contribution < -0.4 is 10.6 Å². The maximum Gasteiger partial charge on any atom is 0.274 e. The average Bonchev–Trinajstić information content (AvgIpc) is 3.21. The molecule has 1 aliphatic carbocycles. The summed E-state index contributed by atoms with van der Waals surface area (Å²) < 4.78 is 0. The number of benzene rings is 1. The number of fused-ring (bicyclic) bond motifs is 1. The van der Waals surface area contributed by atoms with Crippen molar-refractivity contribution in [1.82, 2.24) is 15.3 Å². The van der Waals surface area contributed by atoms with E-state index in [4.69, 9.17) is 0 Å². The van der Waals surface area contributed by atoms with E-state index in [1.165, 1.54) is 0 Å². The number of hydrogen-bond donors (Lipinski definition) is 2. The molecular formula is C21H20N4O2. The Morgan fingerprint density at radius 3 is 2.41 bits per heavy atom. The summed E-state index contributed by atoms with van der Waals surface area (Å²) in [5.41, 5.74) is 1.77. The quantitative estimate of drug-likeness (QED) is 0.745. The molecule has 0 bridgehead atoms. The van der Waals surface area contributed by atoms with Crippen LogP contribution in [-0.2, 0) is 0 Å². The third kappa shape index (κ3) is 3.79. The topological polar surface area (TPSA) is 84.0 Å². The molecule has 6 nitrogen and oxygen atoms in total.